The van der Waals surface area contributed by atoms with Gasteiger partial charge in [-0.15, -0.1) is 5.54 Å². The van der Waals surface area contributed by atoms with Crippen molar-refractivity contribution in [2.24, 2.45) is 0 Å². The Bertz CT molecular complexity index is 1560. The third-order valence-electron chi connectivity index (χ3n) is 8.89. The summed E-state index contributed by atoms with van der Waals surface area (Å²) in [6.07, 6.45) is 8.31. The standard InChI is InChI=1S/C37H38O2Si/c1-4-16-31-34-30-23-14-15-24-32(30)40(29-21-12-7-13-22-29,26-25-27-17-8-5-9-18-27)37(34)33(28-19-10-6-11-20-28)36(39-3)35(31)38-2/h5-6,8-11,14-15,17-20,23-24,29H,4,7,12-13,16,21-22H2,1-3H3/t40-/m0/s1. The maximum atomic E-state index is 6.33. The maximum Gasteiger partial charge on any atom is 0.204 e. The molecule has 2 nitrogen and oxygen atoms in total. The second kappa shape index (κ2) is 11.4. The molecule has 0 unspecified atom stereocenters. The molecule has 1 aliphatic carbocycles. The van der Waals surface area contributed by atoms with Gasteiger partial charge >= 0.3 is 0 Å². The lowest BCUT2D eigenvalue weighted by molar-refractivity contribution is 0.353. The van der Waals surface area contributed by atoms with Crippen LogP contribution in [0.25, 0.3) is 22.3 Å². The quantitative estimate of drug-likeness (QED) is 0.183. The molecule has 3 heteroatoms. The Morgan fingerprint density at radius 3 is 2.08 bits per heavy atom. The zero-order valence-electron chi connectivity index (χ0n) is 23.9. The summed E-state index contributed by atoms with van der Waals surface area (Å²) in [5.41, 5.74) is 12.2. The van der Waals surface area contributed by atoms with E-state index in [1.165, 1.54) is 70.3 Å². The fourth-order valence-electron chi connectivity index (χ4n) is 7.29. The van der Waals surface area contributed by atoms with Crippen molar-refractivity contribution in [2.75, 3.05) is 14.2 Å². The molecule has 1 saturated carbocycles. The van der Waals surface area contributed by atoms with Crippen LogP contribution in [0.3, 0.4) is 0 Å². The highest BCUT2D eigenvalue weighted by atomic mass is 28.3. The van der Waals surface area contributed by atoms with Crippen molar-refractivity contribution in [3.8, 4) is 45.2 Å². The Kier molecular flexibility index (Phi) is 7.54. The molecule has 0 radical (unpaired) electrons. The summed E-state index contributed by atoms with van der Waals surface area (Å²) in [6.45, 7) is 2.26. The van der Waals surface area contributed by atoms with Crippen LogP contribution in [0.2, 0.25) is 5.54 Å². The van der Waals surface area contributed by atoms with Crippen molar-refractivity contribution in [1.82, 2.24) is 0 Å². The normalized spacial score (nSPS) is 17.9. The average molecular weight is 543 g/mol. The van der Waals surface area contributed by atoms with Gasteiger partial charge in [-0.3, -0.25) is 0 Å². The van der Waals surface area contributed by atoms with Gasteiger partial charge in [0.25, 0.3) is 0 Å². The zero-order chi connectivity index (χ0) is 27.5. The van der Waals surface area contributed by atoms with Gasteiger partial charge in [0.05, 0.1) is 14.2 Å². The Hall–Kier alpha value is -3.74. The van der Waals surface area contributed by atoms with Crippen LogP contribution in [-0.2, 0) is 6.42 Å². The van der Waals surface area contributed by atoms with Crippen LogP contribution in [0.1, 0.15) is 56.6 Å². The Balaban J connectivity index is 1.81. The SMILES string of the molecule is CCCc1c(OC)c(OC)c(-c2ccccc2)c2c1-c1ccccc1[Si@]2(C#Cc1ccccc1)C1CCCCC1. The van der Waals surface area contributed by atoms with Gasteiger partial charge in [-0.1, -0.05) is 124 Å². The summed E-state index contributed by atoms with van der Waals surface area (Å²) in [7, 11) is 0.968. The summed E-state index contributed by atoms with van der Waals surface area (Å²) in [5, 5.41) is 2.93. The molecule has 0 spiro atoms. The van der Waals surface area contributed by atoms with E-state index < -0.39 is 8.07 Å². The molecule has 0 bridgehead atoms. The van der Waals surface area contributed by atoms with E-state index in [0.29, 0.717) is 5.54 Å². The molecule has 1 aliphatic heterocycles. The van der Waals surface area contributed by atoms with E-state index in [-0.39, 0.29) is 0 Å². The van der Waals surface area contributed by atoms with Gasteiger partial charge in [-0.05, 0) is 51.2 Å². The van der Waals surface area contributed by atoms with Gasteiger partial charge in [0.15, 0.2) is 11.5 Å². The van der Waals surface area contributed by atoms with Crippen LogP contribution in [0, 0.1) is 11.5 Å². The molecule has 0 N–H and O–H groups in total. The van der Waals surface area contributed by atoms with Crippen LogP contribution in [0.5, 0.6) is 11.5 Å². The molecule has 6 rings (SSSR count). The molecule has 1 heterocycles. The molecule has 1 atom stereocenters. The second-order valence-corrected chi connectivity index (χ2v) is 14.8. The smallest absolute Gasteiger partial charge is 0.204 e. The van der Waals surface area contributed by atoms with E-state index in [4.69, 9.17) is 9.47 Å². The van der Waals surface area contributed by atoms with E-state index in [1.807, 2.05) is 0 Å². The number of methoxy groups -OCH3 is 2. The third-order valence-corrected chi connectivity index (χ3v) is 13.8. The highest BCUT2D eigenvalue weighted by Crippen LogP contribution is 2.51. The Morgan fingerprint density at radius 2 is 1.40 bits per heavy atom. The van der Waals surface area contributed by atoms with E-state index in [9.17, 15) is 0 Å². The lowest BCUT2D eigenvalue weighted by atomic mass is 9.90. The highest BCUT2D eigenvalue weighted by Gasteiger charge is 2.54. The second-order valence-electron chi connectivity index (χ2n) is 11.1. The van der Waals surface area contributed by atoms with Gasteiger partial charge in [0.2, 0.25) is 8.07 Å². The van der Waals surface area contributed by atoms with Crippen molar-refractivity contribution in [3.05, 3.63) is 96.1 Å². The molecule has 0 amide bonds. The van der Waals surface area contributed by atoms with Crippen LogP contribution in [0.15, 0.2) is 84.9 Å². The first-order valence-electron chi connectivity index (χ1n) is 14.8. The maximum absolute atomic E-state index is 6.33. The summed E-state index contributed by atoms with van der Waals surface area (Å²) < 4.78 is 12.5. The van der Waals surface area contributed by atoms with Gasteiger partial charge < -0.3 is 9.47 Å². The first kappa shape index (κ1) is 26.5. The summed E-state index contributed by atoms with van der Waals surface area (Å²) in [4.78, 5) is 0. The van der Waals surface area contributed by atoms with Crippen molar-refractivity contribution in [2.45, 2.75) is 57.4 Å². The van der Waals surface area contributed by atoms with Gasteiger partial charge in [-0.25, -0.2) is 0 Å². The Labute approximate surface area is 240 Å². The number of benzene rings is 4. The lowest BCUT2D eigenvalue weighted by Crippen LogP contribution is -2.59. The molecule has 4 aromatic rings. The largest absolute Gasteiger partial charge is 0.493 e. The Morgan fingerprint density at radius 1 is 0.750 bits per heavy atom. The number of fused-ring (bicyclic) bond motifs is 3. The minimum Gasteiger partial charge on any atom is -0.493 e. The number of rotatable bonds is 6. The average Bonchev–Trinajstić information content (AvgIpc) is 3.32. The molecule has 0 saturated heterocycles. The minimum atomic E-state index is -2.62. The predicted molar refractivity (Wildman–Crippen MR) is 170 cm³/mol. The molecule has 0 aromatic heterocycles. The first-order valence-corrected chi connectivity index (χ1v) is 16.9. The first-order chi connectivity index (χ1) is 19.7. The minimum absolute atomic E-state index is 0.551. The predicted octanol–water partition coefficient (Wildman–Crippen LogP) is 7.79. The summed E-state index contributed by atoms with van der Waals surface area (Å²) in [6, 6.07) is 30.5. The van der Waals surface area contributed by atoms with Crippen LogP contribution in [0.4, 0.5) is 0 Å². The van der Waals surface area contributed by atoms with E-state index in [1.54, 1.807) is 14.2 Å². The van der Waals surface area contributed by atoms with E-state index in [0.717, 1.165) is 29.9 Å². The zero-order valence-corrected chi connectivity index (χ0v) is 24.9. The summed E-state index contributed by atoms with van der Waals surface area (Å²) in [5.74, 6) is 5.48. The number of hydrogen-bond acceptors (Lipinski definition) is 2. The number of hydrogen-bond donors (Lipinski definition) is 0. The molecule has 202 valence electrons. The van der Waals surface area contributed by atoms with Crippen molar-refractivity contribution >= 4 is 18.4 Å². The molecule has 1 fully saturated rings. The van der Waals surface area contributed by atoms with Gasteiger partial charge in [-0.2, -0.15) is 0 Å². The van der Waals surface area contributed by atoms with Gasteiger partial charge in [0, 0.05) is 16.7 Å². The number of ether oxygens (including phenoxy) is 2. The van der Waals surface area contributed by atoms with Crippen molar-refractivity contribution in [3.63, 3.8) is 0 Å². The van der Waals surface area contributed by atoms with Crippen LogP contribution < -0.4 is 19.8 Å². The fourth-order valence-corrected chi connectivity index (χ4v) is 12.8. The molecule has 4 aromatic carbocycles. The van der Waals surface area contributed by atoms with E-state index in [2.05, 4.69) is 103 Å². The van der Waals surface area contributed by atoms with Crippen LogP contribution in [-0.4, -0.2) is 22.3 Å². The summed E-state index contributed by atoms with van der Waals surface area (Å²) >= 11 is 0. The molecular formula is C37H38O2Si. The van der Waals surface area contributed by atoms with Gasteiger partial charge in [0.1, 0.15) is 0 Å². The third kappa shape index (κ3) is 4.26. The van der Waals surface area contributed by atoms with Crippen molar-refractivity contribution in [1.29, 1.82) is 0 Å². The lowest BCUT2D eigenvalue weighted by Gasteiger charge is -2.37. The molecule has 2 aliphatic rings. The molecular weight excluding hydrogens is 504 g/mol. The topological polar surface area (TPSA) is 18.5 Å². The molecule has 40 heavy (non-hydrogen) atoms. The highest BCUT2D eigenvalue weighted by molar-refractivity contribution is 7.12. The monoisotopic (exact) mass is 542 g/mol. The van der Waals surface area contributed by atoms with Crippen molar-refractivity contribution < 1.29 is 9.47 Å². The van der Waals surface area contributed by atoms with E-state index >= 15 is 0 Å². The van der Waals surface area contributed by atoms with Crippen LogP contribution >= 0.6 is 0 Å². The fraction of sp³-hybridized carbons (Fsp3) is 0.297.